The van der Waals surface area contributed by atoms with Gasteiger partial charge in [0.05, 0.1) is 11.8 Å². The third-order valence-electron chi connectivity index (χ3n) is 2.93. The van der Waals surface area contributed by atoms with Crippen LogP contribution in [0.25, 0.3) is 0 Å². The second-order valence-corrected chi connectivity index (χ2v) is 6.96. The van der Waals surface area contributed by atoms with Crippen molar-refractivity contribution in [2.75, 3.05) is 25.2 Å². The van der Waals surface area contributed by atoms with E-state index in [9.17, 15) is 18.5 Å². The van der Waals surface area contributed by atoms with Crippen LogP contribution in [0.1, 0.15) is 19.8 Å². The Labute approximate surface area is 107 Å². The van der Waals surface area contributed by atoms with E-state index in [0.717, 1.165) is 6.26 Å². The Bertz CT molecular complexity index is 446. The van der Waals surface area contributed by atoms with Crippen LogP contribution < -0.4 is 5.32 Å². The Morgan fingerprint density at radius 3 is 2.50 bits per heavy atom. The van der Waals surface area contributed by atoms with E-state index in [0.29, 0.717) is 26.1 Å². The Hall–Kier alpha value is -1.13. The predicted molar refractivity (Wildman–Crippen MR) is 65.4 cm³/mol. The van der Waals surface area contributed by atoms with E-state index in [1.54, 1.807) is 6.92 Å². The first kappa shape index (κ1) is 14.9. The average molecular weight is 274 g/mol. The fraction of sp³-hybridized carbons (Fsp3) is 0.818. The molecule has 1 aliphatic rings. The summed E-state index contributed by atoms with van der Waals surface area (Å²) in [6, 6.07) is 1.54. The van der Waals surface area contributed by atoms with Crippen LogP contribution in [-0.2, 0) is 19.4 Å². The van der Waals surface area contributed by atoms with Gasteiger partial charge in [0.2, 0.25) is 5.91 Å². The minimum Gasteiger partial charge on any atom is -0.381 e. The number of nitriles is 1. The highest BCUT2D eigenvalue weighted by molar-refractivity contribution is 7.90. The van der Waals surface area contributed by atoms with Gasteiger partial charge < -0.3 is 10.1 Å². The van der Waals surface area contributed by atoms with E-state index in [1.807, 2.05) is 6.07 Å². The number of amides is 1. The first-order valence-electron chi connectivity index (χ1n) is 5.77. The maximum Gasteiger partial charge on any atom is 0.240 e. The fourth-order valence-corrected chi connectivity index (χ4v) is 2.96. The van der Waals surface area contributed by atoms with Gasteiger partial charge in [-0.15, -0.1) is 0 Å². The molecule has 1 aliphatic heterocycles. The van der Waals surface area contributed by atoms with Crippen molar-refractivity contribution in [3.05, 3.63) is 0 Å². The largest absolute Gasteiger partial charge is 0.381 e. The van der Waals surface area contributed by atoms with Crippen LogP contribution >= 0.6 is 0 Å². The SMILES string of the molecule is CC(CS(C)(=O)=O)NC(=O)C1(C#N)CCOCC1. The summed E-state index contributed by atoms with van der Waals surface area (Å²) < 4.78 is 27.4. The molecule has 102 valence electrons. The van der Waals surface area contributed by atoms with Crippen molar-refractivity contribution in [2.24, 2.45) is 5.41 Å². The number of hydrogen-bond donors (Lipinski definition) is 1. The van der Waals surface area contributed by atoms with Crippen molar-refractivity contribution in [1.29, 1.82) is 5.26 Å². The average Bonchev–Trinajstić information content (AvgIpc) is 2.27. The smallest absolute Gasteiger partial charge is 0.240 e. The Morgan fingerprint density at radius 2 is 2.06 bits per heavy atom. The van der Waals surface area contributed by atoms with Crippen molar-refractivity contribution in [2.45, 2.75) is 25.8 Å². The summed E-state index contributed by atoms with van der Waals surface area (Å²) in [5.74, 6) is -0.527. The molecule has 0 aromatic rings. The number of rotatable bonds is 4. The van der Waals surface area contributed by atoms with Crippen molar-refractivity contribution in [1.82, 2.24) is 5.32 Å². The molecule has 0 aromatic carbocycles. The van der Waals surface area contributed by atoms with Gasteiger partial charge in [-0.3, -0.25) is 4.79 Å². The highest BCUT2D eigenvalue weighted by atomic mass is 32.2. The fourth-order valence-electron chi connectivity index (χ4n) is 1.97. The molecule has 1 N–H and O–H groups in total. The molecule has 1 amide bonds. The molecule has 18 heavy (non-hydrogen) atoms. The number of nitrogens with one attached hydrogen (secondary N) is 1. The van der Waals surface area contributed by atoms with Crippen molar-refractivity contribution in [3.63, 3.8) is 0 Å². The molecule has 7 heteroatoms. The molecular formula is C11H18N2O4S. The zero-order chi connectivity index (χ0) is 13.8. The minimum atomic E-state index is -3.15. The number of carbonyl (C=O) groups excluding carboxylic acids is 1. The van der Waals surface area contributed by atoms with Crippen LogP contribution in [0.3, 0.4) is 0 Å². The van der Waals surface area contributed by atoms with Crippen LogP contribution in [0.15, 0.2) is 0 Å². The predicted octanol–water partition coefficient (Wildman–Crippen LogP) is -0.144. The maximum absolute atomic E-state index is 12.1. The first-order valence-corrected chi connectivity index (χ1v) is 7.83. The topological polar surface area (TPSA) is 96.3 Å². The summed E-state index contributed by atoms with van der Waals surface area (Å²) in [6.45, 7) is 2.37. The molecule has 0 radical (unpaired) electrons. The lowest BCUT2D eigenvalue weighted by Gasteiger charge is -2.30. The number of nitrogens with zero attached hydrogens (tertiary/aromatic N) is 1. The van der Waals surface area contributed by atoms with Crippen LogP contribution in [0.2, 0.25) is 0 Å². The second-order valence-electron chi connectivity index (χ2n) is 4.77. The van der Waals surface area contributed by atoms with Gasteiger partial charge >= 0.3 is 0 Å². The van der Waals surface area contributed by atoms with Crippen LogP contribution in [0, 0.1) is 16.7 Å². The summed E-state index contributed by atoms with van der Waals surface area (Å²) in [5, 5.41) is 11.8. The summed E-state index contributed by atoms with van der Waals surface area (Å²) in [5.41, 5.74) is -1.08. The van der Waals surface area contributed by atoms with Crippen LogP contribution in [-0.4, -0.2) is 45.6 Å². The third-order valence-corrected chi connectivity index (χ3v) is 4.03. The molecule has 0 aliphatic carbocycles. The molecule has 6 nitrogen and oxygen atoms in total. The van der Waals surface area contributed by atoms with Gasteiger partial charge in [0.25, 0.3) is 0 Å². The highest BCUT2D eigenvalue weighted by Crippen LogP contribution is 2.29. The quantitative estimate of drug-likeness (QED) is 0.769. The highest BCUT2D eigenvalue weighted by Gasteiger charge is 2.40. The summed E-state index contributed by atoms with van der Waals surface area (Å²) in [6.07, 6.45) is 1.81. The normalized spacial score (nSPS) is 20.7. The molecule has 0 aromatic heterocycles. The van der Waals surface area contributed by atoms with Crippen molar-refractivity contribution in [3.8, 4) is 6.07 Å². The molecule has 0 saturated carbocycles. The number of hydrogen-bond acceptors (Lipinski definition) is 5. The van der Waals surface area contributed by atoms with E-state index in [1.165, 1.54) is 0 Å². The van der Waals surface area contributed by atoms with Crippen molar-refractivity contribution >= 4 is 15.7 Å². The van der Waals surface area contributed by atoms with Gasteiger partial charge in [-0.2, -0.15) is 5.26 Å². The van der Waals surface area contributed by atoms with E-state index in [2.05, 4.69) is 5.32 Å². The third kappa shape index (κ3) is 3.96. The van der Waals surface area contributed by atoms with E-state index in [4.69, 9.17) is 4.74 Å². The molecule has 1 saturated heterocycles. The molecule has 1 fully saturated rings. The molecule has 1 rings (SSSR count). The lowest BCUT2D eigenvalue weighted by molar-refractivity contribution is -0.132. The monoisotopic (exact) mass is 274 g/mol. The Morgan fingerprint density at radius 1 is 1.50 bits per heavy atom. The van der Waals surface area contributed by atoms with Gasteiger partial charge in [-0.1, -0.05) is 0 Å². The van der Waals surface area contributed by atoms with Gasteiger partial charge in [0, 0.05) is 25.5 Å². The van der Waals surface area contributed by atoms with Gasteiger partial charge in [0.15, 0.2) is 0 Å². The minimum absolute atomic E-state index is 0.128. The molecule has 0 bridgehead atoms. The van der Waals surface area contributed by atoms with Crippen LogP contribution in [0.4, 0.5) is 0 Å². The lowest BCUT2D eigenvalue weighted by Crippen LogP contribution is -2.48. The Kier molecular flexibility index (Phi) is 4.71. The molecule has 1 unspecified atom stereocenters. The standard InChI is InChI=1S/C11H18N2O4S/c1-9(7-18(2,15)16)13-10(14)11(8-12)3-5-17-6-4-11/h9H,3-7H2,1-2H3,(H,13,14). The Balaban J connectivity index is 2.66. The van der Waals surface area contributed by atoms with E-state index < -0.39 is 27.2 Å². The van der Waals surface area contributed by atoms with E-state index >= 15 is 0 Å². The maximum atomic E-state index is 12.1. The second kappa shape index (κ2) is 5.67. The summed E-state index contributed by atoms with van der Waals surface area (Å²) in [4.78, 5) is 12.1. The van der Waals surface area contributed by atoms with Crippen molar-refractivity contribution < 1.29 is 17.9 Å². The number of ether oxygens (including phenoxy) is 1. The summed E-state index contributed by atoms with van der Waals surface area (Å²) >= 11 is 0. The number of carbonyl (C=O) groups is 1. The summed E-state index contributed by atoms with van der Waals surface area (Å²) in [7, 11) is -3.15. The van der Waals surface area contributed by atoms with Gasteiger partial charge in [-0.25, -0.2) is 8.42 Å². The van der Waals surface area contributed by atoms with Gasteiger partial charge in [0.1, 0.15) is 15.3 Å². The zero-order valence-electron chi connectivity index (χ0n) is 10.6. The molecular weight excluding hydrogens is 256 g/mol. The lowest BCUT2D eigenvalue weighted by atomic mass is 9.80. The zero-order valence-corrected chi connectivity index (χ0v) is 11.4. The van der Waals surface area contributed by atoms with Gasteiger partial charge in [-0.05, 0) is 19.8 Å². The number of sulfone groups is 1. The molecule has 1 atom stereocenters. The molecule has 0 spiro atoms. The first-order chi connectivity index (χ1) is 8.29. The van der Waals surface area contributed by atoms with Crippen LogP contribution in [0.5, 0.6) is 0 Å². The van der Waals surface area contributed by atoms with E-state index in [-0.39, 0.29) is 5.75 Å². The molecule has 1 heterocycles.